The summed E-state index contributed by atoms with van der Waals surface area (Å²) < 4.78 is 0. The number of aromatic carboxylic acids is 1. The molecule has 19 heavy (non-hydrogen) atoms. The number of carboxylic acid groups (broad SMARTS) is 1. The third kappa shape index (κ3) is 3.23. The van der Waals surface area contributed by atoms with Crippen LogP contribution in [0.3, 0.4) is 0 Å². The molecule has 2 N–H and O–H groups in total. The van der Waals surface area contributed by atoms with Crippen LogP contribution in [0, 0.1) is 0 Å². The Kier molecular flexibility index (Phi) is 4.00. The summed E-state index contributed by atoms with van der Waals surface area (Å²) in [6, 6.07) is 13.7. The van der Waals surface area contributed by atoms with Gasteiger partial charge in [-0.2, -0.15) is 10.2 Å². The molecule has 0 amide bonds. The molecule has 0 aromatic heterocycles. The molecule has 0 aliphatic heterocycles. The van der Waals surface area contributed by atoms with Gasteiger partial charge in [0.15, 0.2) is 0 Å². The largest absolute Gasteiger partial charge is 0.478 e. The maximum atomic E-state index is 11.0. The summed E-state index contributed by atoms with van der Waals surface area (Å²) in [5, 5.41) is 26.0. The molecule has 0 aliphatic carbocycles. The Morgan fingerprint density at radius 3 is 2.32 bits per heavy atom. The minimum absolute atomic E-state index is 0.0343. The number of aliphatic hydroxyl groups excluding tert-OH is 1. The van der Waals surface area contributed by atoms with Crippen LogP contribution in [0.25, 0.3) is 0 Å². The summed E-state index contributed by atoms with van der Waals surface area (Å²) in [7, 11) is 0. The summed E-state index contributed by atoms with van der Waals surface area (Å²) >= 11 is 0. The molecule has 0 bridgehead atoms. The molecule has 0 atom stereocenters. The van der Waals surface area contributed by atoms with Gasteiger partial charge in [0.2, 0.25) is 0 Å². The standard InChI is InChI=1S/C14H12N2O3/c17-9-10-6-7-12(8-13(10)14(18)19)16-15-11-4-2-1-3-5-11/h1-8,17H,9H2,(H,18,19). The van der Waals surface area contributed by atoms with Crippen molar-refractivity contribution >= 4 is 17.3 Å². The zero-order chi connectivity index (χ0) is 13.7. The molecule has 2 aromatic rings. The SMILES string of the molecule is O=C(O)c1cc(N=Nc2ccccc2)ccc1CO. The van der Waals surface area contributed by atoms with E-state index in [1.807, 2.05) is 18.2 Å². The highest BCUT2D eigenvalue weighted by atomic mass is 16.4. The van der Waals surface area contributed by atoms with Gasteiger partial charge in [0.25, 0.3) is 0 Å². The Hall–Kier alpha value is -2.53. The number of carboxylic acids is 1. The maximum Gasteiger partial charge on any atom is 0.336 e. The van der Waals surface area contributed by atoms with Crippen LogP contribution in [0.15, 0.2) is 58.8 Å². The molecule has 0 spiro atoms. The first-order valence-corrected chi connectivity index (χ1v) is 5.64. The third-order valence-electron chi connectivity index (χ3n) is 2.53. The lowest BCUT2D eigenvalue weighted by molar-refractivity contribution is 0.0693. The van der Waals surface area contributed by atoms with Crippen LogP contribution in [-0.4, -0.2) is 16.2 Å². The zero-order valence-corrected chi connectivity index (χ0v) is 10.0. The number of nitrogens with zero attached hydrogens (tertiary/aromatic N) is 2. The molecule has 0 radical (unpaired) electrons. The van der Waals surface area contributed by atoms with Crippen LogP contribution in [-0.2, 0) is 6.61 Å². The van der Waals surface area contributed by atoms with E-state index in [1.165, 1.54) is 12.1 Å². The van der Waals surface area contributed by atoms with Crippen LogP contribution < -0.4 is 0 Å². The summed E-state index contributed by atoms with van der Waals surface area (Å²) in [4.78, 5) is 11.0. The highest BCUT2D eigenvalue weighted by molar-refractivity contribution is 5.90. The number of rotatable bonds is 4. The summed E-state index contributed by atoms with van der Waals surface area (Å²) in [6.45, 7) is -0.322. The van der Waals surface area contributed by atoms with Crippen molar-refractivity contribution in [1.29, 1.82) is 0 Å². The van der Waals surface area contributed by atoms with E-state index in [-0.39, 0.29) is 12.2 Å². The molecule has 0 saturated heterocycles. The minimum Gasteiger partial charge on any atom is -0.478 e. The molecule has 0 aliphatic rings. The first kappa shape index (κ1) is 12.9. The van der Waals surface area contributed by atoms with Crippen LogP contribution >= 0.6 is 0 Å². The van der Waals surface area contributed by atoms with Gasteiger partial charge in [-0.1, -0.05) is 24.3 Å². The van der Waals surface area contributed by atoms with E-state index in [4.69, 9.17) is 10.2 Å². The number of hydrogen-bond donors (Lipinski definition) is 2. The lowest BCUT2D eigenvalue weighted by atomic mass is 10.1. The predicted molar refractivity (Wildman–Crippen MR) is 69.9 cm³/mol. The second kappa shape index (κ2) is 5.88. The van der Waals surface area contributed by atoms with E-state index in [9.17, 15) is 4.79 Å². The fourth-order valence-electron chi connectivity index (χ4n) is 1.57. The normalized spacial score (nSPS) is 10.8. The Morgan fingerprint density at radius 1 is 1.00 bits per heavy atom. The molecular formula is C14H12N2O3. The van der Waals surface area contributed by atoms with Gasteiger partial charge >= 0.3 is 5.97 Å². The van der Waals surface area contributed by atoms with Crippen molar-refractivity contribution in [3.8, 4) is 0 Å². The summed E-state index contributed by atoms with van der Waals surface area (Å²) in [6.07, 6.45) is 0. The van der Waals surface area contributed by atoms with Gasteiger partial charge in [-0.05, 0) is 29.8 Å². The molecule has 0 heterocycles. The maximum absolute atomic E-state index is 11.0. The molecule has 0 saturated carbocycles. The molecule has 96 valence electrons. The monoisotopic (exact) mass is 256 g/mol. The Morgan fingerprint density at radius 2 is 1.68 bits per heavy atom. The van der Waals surface area contributed by atoms with E-state index >= 15 is 0 Å². The van der Waals surface area contributed by atoms with Crippen molar-refractivity contribution in [2.24, 2.45) is 10.2 Å². The van der Waals surface area contributed by atoms with Gasteiger partial charge in [0.1, 0.15) is 0 Å². The summed E-state index contributed by atoms with van der Waals surface area (Å²) in [5.74, 6) is -1.10. The Balaban J connectivity index is 2.29. The van der Waals surface area contributed by atoms with E-state index in [2.05, 4.69) is 10.2 Å². The van der Waals surface area contributed by atoms with E-state index < -0.39 is 5.97 Å². The quantitative estimate of drug-likeness (QED) is 0.823. The number of aliphatic hydroxyl groups is 1. The topological polar surface area (TPSA) is 82.2 Å². The zero-order valence-electron chi connectivity index (χ0n) is 10.0. The number of azo groups is 1. The molecule has 0 fully saturated rings. The van der Waals surface area contributed by atoms with Crippen LogP contribution in [0.2, 0.25) is 0 Å². The number of benzene rings is 2. The average Bonchev–Trinajstić information content (AvgIpc) is 2.46. The van der Waals surface area contributed by atoms with Gasteiger partial charge in [0, 0.05) is 0 Å². The van der Waals surface area contributed by atoms with Crippen molar-refractivity contribution in [2.75, 3.05) is 0 Å². The second-order valence-corrected chi connectivity index (χ2v) is 3.84. The van der Waals surface area contributed by atoms with Gasteiger partial charge < -0.3 is 10.2 Å². The van der Waals surface area contributed by atoms with Gasteiger partial charge in [-0.15, -0.1) is 0 Å². The van der Waals surface area contributed by atoms with E-state index in [0.717, 1.165) is 0 Å². The van der Waals surface area contributed by atoms with Crippen LogP contribution in [0.4, 0.5) is 11.4 Å². The summed E-state index contributed by atoms with van der Waals surface area (Å²) in [5.41, 5.74) is 1.50. The first-order valence-electron chi connectivity index (χ1n) is 5.64. The van der Waals surface area contributed by atoms with Crippen LogP contribution in [0.1, 0.15) is 15.9 Å². The molecule has 5 heteroatoms. The van der Waals surface area contributed by atoms with Crippen molar-refractivity contribution in [3.63, 3.8) is 0 Å². The van der Waals surface area contributed by atoms with Crippen LogP contribution in [0.5, 0.6) is 0 Å². The average molecular weight is 256 g/mol. The smallest absolute Gasteiger partial charge is 0.336 e. The molecule has 5 nitrogen and oxygen atoms in total. The molecule has 2 rings (SSSR count). The Labute approximate surface area is 109 Å². The first-order chi connectivity index (χ1) is 9.20. The minimum atomic E-state index is -1.10. The van der Waals surface area contributed by atoms with Crippen molar-refractivity contribution in [3.05, 3.63) is 59.7 Å². The Bertz CT molecular complexity index is 609. The number of hydrogen-bond acceptors (Lipinski definition) is 4. The third-order valence-corrected chi connectivity index (χ3v) is 2.53. The van der Waals surface area contributed by atoms with Gasteiger partial charge in [-0.25, -0.2) is 4.79 Å². The molecule has 0 unspecified atom stereocenters. The van der Waals surface area contributed by atoms with E-state index in [1.54, 1.807) is 18.2 Å². The van der Waals surface area contributed by atoms with Crippen molar-refractivity contribution in [1.82, 2.24) is 0 Å². The van der Waals surface area contributed by atoms with E-state index in [0.29, 0.717) is 16.9 Å². The van der Waals surface area contributed by atoms with Crippen molar-refractivity contribution < 1.29 is 15.0 Å². The highest BCUT2D eigenvalue weighted by Gasteiger charge is 2.09. The fraction of sp³-hybridized carbons (Fsp3) is 0.0714. The lowest BCUT2D eigenvalue weighted by Crippen LogP contribution is -2.01. The fourth-order valence-corrected chi connectivity index (χ4v) is 1.57. The van der Waals surface area contributed by atoms with Gasteiger partial charge in [0.05, 0.1) is 23.5 Å². The van der Waals surface area contributed by atoms with Crippen molar-refractivity contribution in [2.45, 2.75) is 6.61 Å². The highest BCUT2D eigenvalue weighted by Crippen LogP contribution is 2.21. The lowest BCUT2D eigenvalue weighted by Gasteiger charge is -2.03. The van der Waals surface area contributed by atoms with Gasteiger partial charge in [-0.3, -0.25) is 0 Å². The second-order valence-electron chi connectivity index (χ2n) is 3.84. The predicted octanol–water partition coefficient (Wildman–Crippen LogP) is 3.29. The molecule has 2 aromatic carbocycles. The molecular weight excluding hydrogens is 244 g/mol. The number of carbonyl (C=O) groups is 1.